The van der Waals surface area contributed by atoms with E-state index in [1.54, 1.807) is 63.4 Å². The van der Waals surface area contributed by atoms with E-state index in [0.717, 1.165) is 0 Å². The van der Waals surface area contributed by atoms with Crippen LogP contribution in [0.2, 0.25) is 10.0 Å². The van der Waals surface area contributed by atoms with E-state index in [2.05, 4.69) is 15.6 Å². The molecule has 11 nitrogen and oxygen atoms in total. The molecule has 0 aliphatic rings. The normalized spacial score (nSPS) is 12.5. The second-order valence-corrected chi connectivity index (χ2v) is 12.1. The maximum Gasteiger partial charge on any atom is 0.416 e. The van der Waals surface area contributed by atoms with Crippen molar-refractivity contribution in [3.63, 3.8) is 0 Å². The lowest BCUT2D eigenvalue weighted by Gasteiger charge is -2.26. The molecule has 4 N–H and O–H groups in total. The minimum atomic E-state index is -0.865. The van der Waals surface area contributed by atoms with Gasteiger partial charge < -0.3 is 25.8 Å². The standard InChI is InChI=1S/C31H43Cl2N5O6/c1-31(2,3)44-30(42)38(26-12-6-9-15-35-26)16-10-7-13-27(39)36-24(11-5-8-14-34)29(41)37-25(20-28(40)43-4)21-17-22(32)19-23(33)18-21/h6,9,12,15,17-19,24-25H,5,7-8,10-11,13-14,16,20,34H2,1-4H3,(H,36,39)(H,37,41)/t24-,25?/m0/s1. The van der Waals surface area contributed by atoms with Crippen molar-refractivity contribution in [2.75, 3.05) is 25.1 Å². The molecule has 0 aliphatic carbocycles. The summed E-state index contributed by atoms with van der Waals surface area (Å²) in [6, 6.07) is 8.35. The van der Waals surface area contributed by atoms with Gasteiger partial charge in [0.05, 0.1) is 19.6 Å². The van der Waals surface area contributed by atoms with Crippen LogP contribution in [-0.2, 0) is 23.9 Å². The maximum absolute atomic E-state index is 13.4. The number of ether oxygens (including phenoxy) is 2. The molecule has 2 rings (SSSR count). The van der Waals surface area contributed by atoms with Gasteiger partial charge in [-0.15, -0.1) is 0 Å². The first kappa shape index (κ1) is 36.8. The molecule has 0 saturated heterocycles. The molecule has 1 aromatic heterocycles. The first-order chi connectivity index (χ1) is 20.8. The quantitative estimate of drug-likeness (QED) is 0.162. The van der Waals surface area contributed by atoms with E-state index in [4.69, 9.17) is 38.4 Å². The van der Waals surface area contributed by atoms with Crippen LogP contribution in [0.15, 0.2) is 42.6 Å². The molecule has 1 aromatic carbocycles. The molecule has 0 radical (unpaired) electrons. The third kappa shape index (κ3) is 13.5. The molecule has 0 bridgehead atoms. The first-order valence-corrected chi connectivity index (χ1v) is 15.3. The molecule has 0 spiro atoms. The zero-order chi connectivity index (χ0) is 32.7. The Kier molecular flexibility index (Phi) is 15.4. The monoisotopic (exact) mass is 651 g/mol. The number of aromatic nitrogens is 1. The lowest BCUT2D eigenvalue weighted by atomic mass is 10.0. The van der Waals surface area contributed by atoms with Crippen LogP contribution in [0.3, 0.4) is 0 Å². The summed E-state index contributed by atoms with van der Waals surface area (Å²) in [4.78, 5) is 57.1. The number of pyridine rings is 1. The Morgan fingerprint density at radius 2 is 1.70 bits per heavy atom. The lowest BCUT2D eigenvalue weighted by Crippen LogP contribution is -2.48. The topological polar surface area (TPSA) is 153 Å². The van der Waals surface area contributed by atoms with Gasteiger partial charge in [-0.05, 0) is 95.3 Å². The number of nitrogens with zero attached hydrogens (tertiary/aromatic N) is 2. The molecule has 242 valence electrons. The number of carbonyl (C=O) groups excluding carboxylic acids is 4. The van der Waals surface area contributed by atoms with Crippen LogP contribution in [0.25, 0.3) is 0 Å². The van der Waals surface area contributed by atoms with E-state index < -0.39 is 35.7 Å². The number of anilines is 1. The summed E-state index contributed by atoms with van der Waals surface area (Å²) in [6.07, 6.45) is 3.59. The summed E-state index contributed by atoms with van der Waals surface area (Å²) >= 11 is 12.3. The average molecular weight is 653 g/mol. The number of benzene rings is 1. The van der Waals surface area contributed by atoms with Crippen LogP contribution >= 0.6 is 23.2 Å². The molecule has 0 fully saturated rings. The second kappa shape index (κ2) is 18.4. The van der Waals surface area contributed by atoms with E-state index in [9.17, 15) is 19.2 Å². The predicted molar refractivity (Wildman–Crippen MR) is 170 cm³/mol. The number of carbonyl (C=O) groups is 4. The van der Waals surface area contributed by atoms with Crippen molar-refractivity contribution in [3.8, 4) is 0 Å². The first-order valence-electron chi connectivity index (χ1n) is 14.6. The molecule has 1 heterocycles. The van der Waals surface area contributed by atoms with Crippen LogP contribution in [0.5, 0.6) is 0 Å². The molecule has 0 saturated carbocycles. The fraction of sp³-hybridized carbons (Fsp3) is 0.516. The number of rotatable bonds is 16. The van der Waals surface area contributed by atoms with Crippen molar-refractivity contribution >= 4 is 52.9 Å². The van der Waals surface area contributed by atoms with Gasteiger partial charge in [0.25, 0.3) is 0 Å². The highest BCUT2D eigenvalue weighted by Gasteiger charge is 2.27. The third-order valence-electron chi connectivity index (χ3n) is 6.38. The molecular weight excluding hydrogens is 609 g/mol. The Hall–Kier alpha value is -3.41. The Bertz CT molecular complexity index is 1220. The molecule has 13 heteroatoms. The summed E-state index contributed by atoms with van der Waals surface area (Å²) in [7, 11) is 1.26. The number of amides is 3. The van der Waals surface area contributed by atoms with E-state index >= 15 is 0 Å². The highest BCUT2D eigenvalue weighted by Crippen LogP contribution is 2.26. The number of unbranched alkanes of at least 4 members (excludes halogenated alkanes) is 2. The number of esters is 1. The fourth-order valence-electron chi connectivity index (χ4n) is 4.26. The highest BCUT2D eigenvalue weighted by molar-refractivity contribution is 6.34. The van der Waals surface area contributed by atoms with Crippen LogP contribution in [0, 0.1) is 0 Å². The van der Waals surface area contributed by atoms with Crippen molar-refractivity contribution in [1.82, 2.24) is 15.6 Å². The van der Waals surface area contributed by atoms with Gasteiger partial charge in [-0.25, -0.2) is 9.78 Å². The van der Waals surface area contributed by atoms with Gasteiger partial charge in [0.2, 0.25) is 11.8 Å². The number of hydrogen-bond acceptors (Lipinski definition) is 8. The van der Waals surface area contributed by atoms with Gasteiger partial charge >= 0.3 is 12.1 Å². The van der Waals surface area contributed by atoms with Crippen LogP contribution in [-0.4, -0.2) is 60.7 Å². The van der Waals surface area contributed by atoms with Crippen molar-refractivity contribution in [2.45, 2.75) is 83.4 Å². The zero-order valence-electron chi connectivity index (χ0n) is 25.7. The Balaban J connectivity index is 2.06. The van der Waals surface area contributed by atoms with Crippen LogP contribution in [0.1, 0.15) is 77.3 Å². The predicted octanol–water partition coefficient (Wildman–Crippen LogP) is 5.33. The SMILES string of the molecule is COC(=O)CC(NC(=O)[C@H](CCCCN)NC(=O)CCCCN(C(=O)OC(C)(C)C)c1ccccn1)c1cc(Cl)cc(Cl)c1. The summed E-state index contributed by atoms with van der Waals surface area (Å²) in [5.74, 6) is -0.881. The molecule has 44 heavy (non-hydrogen) atoms. The molecular formula is C31H43Cl2N5O6. The van der Waals surface area contributed by atoms with Crippen molar-refractivity contribution in [3.05, 3.63) is 58.2 Å². The maximum atomic E-state index is 13.4. The zero-order valence-corrected chi connectivity index (χ0v) is 27.2. The van der Waals surface area contributed by atoms with E-state index in [0.29, 0.717) is 60.1 Å². The summed E-state index contributed by atoms with van der Waals surface area (Å²) in [5, 5.41) is 6.36. The van der Waals surface area contributed by atoms with Crippen LogP contribution in [0.4, 0.5) is 10.6 Å². The summed E-state index contributed by atoms with van der Waals surface area (Å²) in [5.41, 5.74) is 5.49. The smallest absolute Gasteiger partial charge is 0.416 e. The van der Waals surface area contributed by atoms with Crippen molar-refractivity contribution in [2.24, 2.45) is 5.73 Å². The van der Waals surface area contributed by atoms with Gasteiger partial charge in [-0.3, -0.25) is 19.3 Å². The number of nitrogens with one attached hydrogen (secondary N) is 2. The summed E-state index contributed by atoms with van der Waals surface area (Å²) < 4.78 is 10.3. The van der Waals surface area contributed by atoms with Crippen LogP contribution < -0.4 is 21.3 Å². The van der Waals surface area contributed by atoms with E-state index in [1.165, 1.54) is 12.0 Å². The molecule has 1 unspecified atom stereocenters. The Labute approximate surface area is 269 Å². The van der Waals surface area contributed by atoms with Crippen molar-refractivity contribution < 1.29 is 28.7 Å². The molecule has 2 aromatic rings. The fourth-order valence-corrected chi connectivity index (χ4v) is 4.81. The van der Waals surface area contributed by atoms with Gasteiger partial charge in [0.1, 0.15) is 17.5 Å². The number of halogens is 2. The second-order valence-electron chi connectivity index (χ2n) is 11.2. The lowest BCUT2D eigenvalue weighted by molar-refractivity contribution is -0.141. The number of hydrogen-bond donors (Lipinski definition) is 3. The molecule has 2 atom stereocenters. The minimum absolute atomic E-state index is 0.126. The summed E-state index contributed by atoms with van der Waals surface area (Å²) in [6.45, 7) is 6.09. The Morgan fingerprint density at radius 3 is 2.30 bits per heavy atom. The third-order valence-corrected chi connectivity index (χ3v) is 6.81. The Morgan fingerprint density at radius 1 is 1.00 bits per heavy atom. The average Bonchev–Trinajstić information content (AvgIpc) is 2.95. The van der Waals surface area contributed by atoms with Crippen molar-refractivity contribution in [1.29, 1.82) is 0 Å². The van der Waals surface area contributed by atoms with Gasteiger partial charge in [-0.2, -0.15) is 0 Å². The van der Waals surface area contributed by atoms with E-state index in [-0.39, 0.29) is 25.3 Å². The van der Waals surface area contributed by atoms with Gasteiger partial charge in [-0.1, -0.05) is 29.3 Å². The number of methoxy groups -OCH3 is 1. The van der Waals surface area contributed by atoms with Gasteiger partial charge in [0.15, 0.2) is 0 Å². The number of nitrogens with two attached hydrogens (primary N) is 1. The highest BCUT2D eigenvalue weighted by atomic mass is 35.5. The minimum Gasteiger partial charge on any atom is -0.469 e. The molecule has 0 aliphatic heterocycles. The largest absolute Gasteiger partial charge is 0.469 e. The van der Waals surface area contributed by atoms with E-state index in [1.807, 2.05) is 0 Å². The van der Waals surface area contributed by atoms with Gasteiger partial charge in [0, 0.05) is 29.2 Å². The molecule has 3 amide bonds.